The molecule has 0 aliphatic carbocycles. The zero-order chi connectivity index (χ0) is 12.2. The van der Waals surface area contributed by atoms with Crippen molar-refractivity contribution in [2.75, 3.05) is 13.3 Å². The predicted molar refractivity (Wildman–Crippen MR) is 66.7 cm³/mol. The molecule has 1 aliphatic heterocycles. The van der Waals surface area contributed by atoms with Gasteiger partial charge in [-0.05, 0) is 29.8 Å². The summed E-state index contributed by atoms with van der Waals surface area (Å²) >= 11 is 0. The Hall–Kier alpha value is -1.94. The first-order chi connectivity index (χ1) is 8.92. The Morgan fingerprint density at radius 1 is 1.11 bits per heavy atom. The molecule has 4 nitrogen and oxygen atoms in total. The van der Waals surface area contributed by atoms with Crippen LogP contribution in [0.25, 0.3) is 0 Å². The fourth-order valence-corrected chi connectivity index (χ4v) is 1.95. The van der Waals surface area contributed by atoms with Gasteiger partial charge in [0.15, 0.2) is 11.5 Å². The van der Waals surface area contributed by atoms with E-state index in [1.165, 1.54) is 5.56 Å². The van der Waals surface area contributed by atoms with Gasteiger partial charge in [0.2, 0.25) is 6.79 Å². The van der Waals surface area contributed by atoms with Crippen LogP contribution in [0.15, 0.2) is 41.0 Å². The SMILES string of the molecule is c1coc(CCNCc2ccc3c(c2)OCO3)c1. The first-order valence-corrected chi connectivity index (χ1v) is 6.03. The van der Waals surface area contributed by atoms with Gasteiger partial charge in [-0.1, -0.05) is 6.07 Å². The van der Waals surface area contributed by atoms with Gasteiger partial charge in [0.1, 0.15) is 5.76 Å². The molecular formula is C14H15NO3. The zero-order valence-electron chi connectivity index (χ0n) is 10.0. The van der Waals surface area contributed by atoms with Crippen molar-refractivity contribution in [2.24, 2.45) is 0 Å². The summed E-state index contributed by atoms with van der Waals surface area (Å²) in [4.78, 5) is 0. The van der Waals surface area contributed by atoms with Gasteiger partial charge in [-0.2, -0.15) is 0 Å². The van der Waals surface area contributed by atoms with Crippen LogP contribution in [0.5, 0.6) is 11.5 Å². The molecule has 2 heterocycles. The second kappa shape index (κ2) is 5.14. The van der Waals surface area contributed by atoms with E-state index in [1.807, 2.05) is 30.3 Å². The molecule has 0 radical (unpaired) electrons. The molecule has 1 N–H and O–H groups in total. The third-order valence-corrected chi connectivity index (χ3v) is 2.89. The molecule has 0 spiro atoms. The van der Waals surface area contributed by atoms with Crippen molar-refractivity contribution in [3.63, 3.8) is 0 Å². The molecule has 0 amide bonds. The Morgan fingerprint density at radius 2 is 2.06 bits per heavy atom. The Bertz CT molecular complexity index is 508. The number of benzene rings is 1. The van der Waals surface area contributed by atoms with E-state index in [0.717, 1.165) is 36.8 Å². The van der Waals surface area contributed by atoms with Crippen LogP contribution in [0.3, 0.4) is 0 Å². The van der Waals surface area contributed by atoms with Gasteiger partial charge in [-0.15, -0.1) is 0 Å². The minimum Gasteiger partial charge on any atom is -0.469 e. The van der Waals surface area contributed by atoms with E-state index in [4.69, 9.17) is 13.9 Å². The Labute approximate surface area is 106 Å². The third kappa shape index (κ3) is 2.49. The molecule has 3 rings (SSSR count). The molecule has 2 aromatic rings. The van der Waals surface area contributed by atoms with Crippen LogP contribution in [0.1, 0.15) is 11.3 Å². The first-order valence-electron chi connectivity index (χ1n) is 6.03. The molecule has 18 heavy (non-hydrogen) atoms. The highest BCUT2D eigenvalue weighted by atomic mass is 16.7. The van der Waals surface area contributed by atoms with Crippen molar-refractivity contribution < 1.29 is 13.9 Å². The Kier molecular flexibility index (Phi) is 3.19. The van der Waals surface area contributed by atoms with E-state index < -0.39 is 0 Å². The molecule has 0 saturated heterocycles. The number of fused-ring (bicyclic) bond motifs is 1. The van der Waals surface area contributed by atoms with E-state index >= 15 is 0 Å². The van der Waals surface area contributed by atoms with Crippen LogP contribution in [-0.2, 0) is 13.0 Å². The van der Waals surface area contributed by atoms with Crippen LogP contribution in [0.4, 0.5) is 0 Å². The summed E-state index contributed by atoms with van der Waals surface area (Å²) in [5.41, 5.74) is 1.19. The number of hydrogen-bond acceptors (Lipinski definition) is 4. The lowest BCUT2D eigenvalue weighted by atomic mass is 10.2. The largest absolute Gasteiger partial charge is 0.469 e. The lowest BCUT2D eigenvalue weighted by Gasteiger charge is -2.05. The lowest BCUT2D eigenvalue weighted by Crippen LogP contribution is -2.16. The van der Waals surface area contributed by atoms with Crippen molar-refractivity contribution in [2.45, 2.75) is 13.0 Å². The topological polar surface area (TPSA) is 43.6 Å². The van der Waals surface area contributed by atoms with Gasteiger partial charge < -0.3 is 19.2 Å². The average molecular weight is 245 g/mol. The lowest BCUT2D eigenvalue weighted by molar-refractivity contribution is 0.174. The normalized spacial score (nSPS) is 12.9. The number of hydrogen-bond donors (Lipinski definition) is 1. The Balaban J connectivity index is 1.48. The minimum absolute atomic E-state index is 0.324. The highest BCUT2D eigenvalue weighted by molar-refractivity contribution is 5.44. The average Bonchev–Trinajstić information content (AvgIpc) is 3.05. The maximum Gasteiger partial charge on any atom is 0.231 e. The van der Waals surface area contributed by atoms with Crippen LogP contribution in [-0.4, -0.2) is 13.3 Å². The molecular weight excluding hydrogens is 230 g/mol. The molecule has 1 aromatic carbocycles. The summed E-state index contributed by atoms with van der Waals surface area (Å²) in [5.74, 6) is 2.67. The molecule has 0 atom stereocenters. The zero-order valence-corrected chi connectivity index (χ0v) is 10.0. The van der Waals surface area contributed by atoms with Crippen molar-refractivity contribution in [3.8, 4) is 11.5 Å². The Morgan fingerprint density at radius 3 is 2.94 bits per heavy atom. The monoisotopic (exact) mass is 245 g/mol. The van der Waals surface area contributed by atoms with Crippen molar-refractivity contribution >= 4 is 0 Å². The first kappa shape index (κ1) is 11.2. The molecule has 0 fully saturated rings. The van der Waals surface area contributed by atoms with E-state index in [9.17, 15) is 0 Å². The number of rotatable bonds is 5. The second-order valence-electron chi connectivity index (χ2n) is 4.19. The van der Waals surface area contributed by atoms with Gasteiger partial charge in [0, 0.05) is 19.5 Å². The maximum absolute atomic E-state index is 5.34. The standard InChI is InChI=1S/C14H15NO3/c1-2-12(16-7-1)5-6-15-9-11-3-4-13-14(8-11)18-10-17-13/h1-4,7-8,15H,5-6,9-10H2. The summed E-state index contributed by atoms with van der Waals surface area (Å²) in [6.45, 7) is 2.03. The number of ether oxygens (including phenoxy) is 2. The predicted octanol–water partition coefficient (Wildman–Crippen LogP) is 2.34. The molecule has 0 bridgehead atoms. The summed E-state index contributed by atoms with van der Waals surface area (Å²) in [5, 5.41) is 3.37. The molecule has 1 aliphatic rings. The van der Waals surface area contributed by atoms with Crippen LogP contribution < -0.4 is 14.8 Å². The quantitative estimate of drug-likeness (QED) is 0.821. The van der Waals surface area contributed by atoms with Crippen molar-refractivity contribution in [1.29, 1.82) is 0 Å². The molecule has 4 heteroatoms. The minimum atomic E-state index is 0.324. The van der Waals surface area contributed by atoms with Crippen LogP contribution >= 0.6 is 0 Å². The van der Waals surface area contributed by atoms with E-state index in [1.54, 1.807) is 6.26 Å². The van der Waals surface area contributed by atoms with Crippen LogP contribution in [0, 0.1) is 0 Å². The summed E-state index contributed by atoms with van der Waals surface area (Å²) in [6, 6.07) is 9.91. The van der Waals surface area contributed by atoms with E-state index in [-0.39, 0.29) is 0 Å². The van der Waals surface area contributed by atoms with Crippen molar-refractivity contribution in [3.05, 3.63) is 47.9 Å². The molecule has 94 valence electrons. The summed E-state index contributed by atoms with van der Waals surface area (Å²) in [6.07, 6.45) is 2.60. The summed E-state index contributed by atoms with van der Waals surface area (Å²) < 4.78 is 15.9. The van der Waals surface area contributed by atoms with Crippen LogP contribution in [0.2, 0.25) is 0 Å². The van der Waals surface area contributed by atoms with Crippen molar-refractivity contribution in [1.82, 2.24) is 5.32 Å². The summed E-state index contributed by atoms with van der Waals surface area (Å²) in [7, 11) is 0. The second-order valence-corrected chi connectivity index (χ2v) is 4.19. The molecule has 0 saturated carbocycles. The van der Waals surface area contributed by atoms with Gasteiger partial charge in [-0.3, -0.25) is 0 Å². The van der Waals surface area contributed by atoms with Gasteiger partial charge in [-0.25, -0.2) is 0 Å². The van der Waals surface area contributed by atoms with Gasteiger partial charge >= 0.3 is 0 Å². The fraction of sp³-hybridized carbons (Fsp3) is 0.286. The van der Waals surface area contributed by atoms with E-state index in [0.29, 0.717) is 6.79 Å². The highest BCUT2D eigenvalue weighted by Crippen LogP contribution is 2.32. The number of furan rings is 1. The molecule has 0 unspecified atom stereocenters. The third-order valence-electron chi connectivity index (χ3n) is 2.89. The van der Waals surface area contributed by atoms with Gasteiger partial charge in [0.25, 0.3) is 0 Å². The fourth-order valence-electron chi connectivity index (χ4n) is 1.95. The van der Waals surface area contributed by atoms with Gasteiger partial charge in [0.05, 0.1) is 6.26 Å². The van der Waals surface area contributed by atoms with E-state index in [2.05, 4.69) is 5.32 Å². The highest BCUT2D eigenvalue weighted by Gasteiger charge is 2.12. The maximum atomic E-state index is 5.34. The molecule has 1 aromatic heterocycles. The number of nitrogens with one attached hydrogen (secondary N) is 1. The smallest absolute Gasteiger partial charge is 0.231 e.